The minimum Gasteiger partial charge on any atom is -0.336 e. The second kappa shape index (κ2) is 7.99. The lowest BCUT2D eigenvalue weighted by Gasteiger charge is -2.19. The van der Waals surface area contributed by atoms with E-state index in [2.05, 4.69) is 11.2 Å². The van der Waals surface area contributed by atoms with Gasteiger partial charge in [0.1, 0.15) is 5.69 Å². The van der Waals surface area contributed by atoms with Gasteiger partial charge in [-0.1, -0.05) is 54.1 Å². The Kier molecular flexibility index (Phi) is 5.50. The van der Waals surface area contributed by atoms with Gasteiger partial charge in [-0.3, -0.25) is 9.59 Å². The molecule has 0 spiro atoms. The summed E-state index contributed by atoms with van der Waals surface area (Å²) in [6, 6.07) is 18.7. The van der Waals surface area contributed by atoms with Gasteiger partial charge in [0.05, 0.1) is 6.54 Å². The van der Waals surface area contributed by atoms with E-state index in [1.807, 2.05) is 56.3 Å². The lowest BCUT2D eigenvalue weighted by molar-refractivity contribution is 0.0776. The molecule has 0 fully saturated rings. The molecule has 27 heavy (non-hydrogen) atoms. The van der Waals surface area contributed by atoms with Crippen molar-refractivity contribution < 1.29 is 4.79 Å². The molecule has 2 aromatic carbocycles. The van der Waals surface area contributed by atoms with Crippen LogP contribution in [0.5, 0.6) is 0 Å². The second-order valence-corrected chi connectivity index (χ2v) is 6.79. The Labute approximate surface area is 158 Å². The number of carbonyl (C=O) groups excluding carboxylic acids is 1. The summed E-state index contributed by atoms with van der Waals surface area (Å²) >= 11 is 0. The van der Waals surface area contributed by atoms with E-state index in [4.69, 9.17) is 0 Å². The lowest BCUT2D eigenvalue weighted by Crippen LogP contribution is -2.31. The lowest BCUT2D eigenvalue weighted by atomic mass is 10.1. The molecule has 0 saturated carbocycles. The molecule has 3 rings (SSSR count). The number of benzene rings is 2. The summed E-state index contributed by atoms with van der Waals surface area (Å²) in [6.07, 6.45) is 0. The molecule has 0 N–H and O–H groups in total. The highest BCUT2D eigenvalue weighted by molar-refractivity contribution is 5.91. The van der Waals surface area contributed by atoms with Crippen molar-refractivity contribution in [1.29, 1.82) is 0 Å². The highest BCUT2D eigenvalue weighted by atomic mass is 16.2. The van der Waals surface area contributed by atoms with Crippen molar-refractivity contribution in [3.05, 3.63) is 99.0 Å². The first-order chi connectivity index (χ1) is 12.9. The van der Waals surface area contributed by atoms with Crippen LogP contribution in [0.2, 0.25) is 0 Å². The molecule has 0 aliphatic heterocycles. The summed E-state index contributed by atoms with van der Waals surface area (Å²) < 4.78 is 1.33. The fourth-order valence-electron chi connectivity index (χ4n) is 2.98. The second-order valence-electron chi connectivity index (χ2n) is 6.79. The third-order valence-electron chi connectivity index (χ3n) is 4.51. The van der Waals surface area contributed by atoms with Crippen LogP contribution in [0.4, 0.5) is 0 Å². The van der Waals surface area contributed by atoms with Crippen LogP contribution in [0, 0.1) is 13.8 Å². The van der Waals surface area contributed by atoms with Gasteiger partial charge < -0.3 is 4.90 Å². The van der Waals surface area contributed by atoms with Crippen molar-refractivity contribution in [2.24, 2.45) is 0 Å². The summed E-state index contributed by atoms with van der Waals surface area (Å²) in [5, 5.41) is 4.28. The fourth-order valence-corrected chi connectivity index (χ4v) is 2.98. The molecule has 0 aliphatic rings. The van der Waals surface area contributed by atoms with Gasteiger partial charge in [-0.05, 0) is 36.6 Å². The van der Waals surface area contributed by atoms with E-state index in [9.17, 15) is 9.59 Å². The zero-order valence-electron chi connectivity index (χ0n) is 15.8. The Bertz CT molecular complexity index is 1010. The molecule has 5 nitrogen and oxygen atoms in total. The van der Waals surface area contributed by atoms with Crippen molar-refractivity contribution in [2.45, 2.75) is 26.9 Å². The zero-order chi connectivity index (χ0) is 19.4. The quantitative estimate of drug-likeness (QED) is 0.701. The first-order valence-electron chi connectivity index (χ1n) is 8.88. The topological polar surface area (TPSA) is 55.2 Å². The smallest absolute Gasteiger partial charge is 0.274 e. The molecule has 0 atom stereocenters. The van der Waals surface area contributed by atoms with E-state index in [1.165, 1.54) is 22.4 Å². The van der Waals surface area contributed by atoms with Gasteiger partial charge in [-0.25, -0.2) is 4.68 Å². The monoisotopic (exact) mass is 361 g/mol. The SMILES string of the molecule is Cc1ccc(CN(C)C(=O)c2ccc(=O)n(Cc3ccccc3)n2)c(C)c1. The summed E-state index contributed by atoms with van der Waals surface area (Å²) in [5.41, 5.74) is 4.43. The molecule has 0 radical (unpaired) electrons. The van der Waals surface area contributed by atoms with Gasteiger partial charge in [0, 0.05) is 19.7 Å². The van der Waals surface area contributed by atoms with Crippen LogP contribution in [0.3, 0.4) is 0 Å². The van der Waals surface area contributed by atoms with Crippen LogP contribution >= 0.6 is 0 Å². The Morgan fingerprint density at radius 1 is 1.04 bits per heavy atom. The Hall–Kier alpha value is -3.21. The molecule has 5 heteroatoms. The molecule has 0 saturated heterocycles. The van der Waals surface area contributed by atoms with Gasteiger partial charge in [0.15, 0.2) is 0 Å². The highest BCUT2D eigenvalue weighted by Crippen LogP contribution is 2.13. The fraction of sp³-hybridized carbons (Fsp3) is 0.227. The van der Waals surface area contributed by atoms with Gasteiger partial charge >= 0.3 is 0 Å². The predicted octanol–water partition coefficient (Wildman–Crippen LogP) is 3.18. The van der Waals surface area contributed by atoms with Crippen molar-refractivity contribution >= 4 is 5.91 Å². The van der Waals surface area contributed by atoms with E-state index >= 15 is 0 Å². The van der Waals surface area contributed by atoms with Crippen molar-refractivity contribution in [3.63, 3.8) is 0 Å². The molecule has 138 valence electrons. The van der Waals surface area contributed by atoms with Gasteiger partial charge in [0.25, 0.3) is 11.5 Å². The van der Waals surface area contributed by atoms with E-state index < -0.39 is 0 Å². The summed E-state index contributed by atoms with van der Waals surface area (Å²) in [5.74, 6) is -0.211. The van der Waals surface area contributed by atoms with E-state index in [1.54, 1.807) is 11.9 Å². The third kappa shape index (κ3) is 4.50. The zero-order valence-corrected chi connectivity index (χ0v) is 15.8. The highest BCUT2D eigenvalue weighted by Gasteiger charge is 2.16. The maximum atomic E-state index is 12.8. The molecule has 0 unspecified atom stereocenters. The largest absolute Gasteiger partial charge is 0.336 e. The number of hydrogen-bond acceptors (Lipinski definition) is 3. The molecule has 1 amide bonds. The number of hydrogen-bond donors (Lipinski definition) is 0. The average Bonchev–Trinajstić information content (AvgIpc) is 2.66. The van der Waals surface area contributed by atoms with Crippen LogP contribution in [-0.4, -0.2) is 27.6 Å². The molecular formula is C22H23N3O2. The minimum absolute atomic E-state index is 0.211. The normalized spacial score (nSPS) is 10.6. The van der Waals surface area contributed by atoms with Gasteiger partial charge in [-0.15, -0.1) is 0 Å². The first-order valence-corrected chi connectivity index (χ1v) is 8.88. The van der Waals surface area contributed by atoms with Crippen LogP contribution < -0.4 is 5.56 Å². The molecular weight excluding hydrogens is 338 g/mol. The minimum atomic E-state index is -0.229. The predicted molar refractivity (Wildman–Crippen MR) is 106 cm³/mol. The van der Waals surface area contributed by atoms with Gasteiger partial charge in [-0.2, -0.15) is 5.10 Å². The van der Waals surface area contributed by atoms with Crippen LogP contribution in [0.15, 0.2) is 65.5 Å². The van der Waals surface area contributed by atoms with E-state index in [0.29, 0.717) is 13.1 Å². The Morgan fingerprint density at radius 2 is 1.78 bits per heavy atom. The standard InChI is InChI=1S/C22H23N3O2/c1-16-9-10-19(17(2)13-16)15-24(3)22(27)20-11-12-21(26)25(23-20)14-18-7-5-4-6-8-18/h4-13H,14-15H2,1-3H3. The number of rotatable bonds is 5. The number of amides is 1. The molecule has 0 aliphatic carbocycles. The summed E-state index contributed by atoms with van der Waals surface area (Å²) in [4.78, 5) is 26.5. The number of carbonyl (C=O) groups is 1. The Morgan fingerprint density at radius 3 is 2.48 bits per heavy atom. The molecule has 0 bridgehead atoms. The van der Waals surface area contributed by atoms with Crippen LogP contribution in [0.25, 0.3) is 0 Å². The summed E-state index contributed by atoms with van der Waals surface area (Å²) in [7, 11) is 1.75. The Balaban J connectivity index is 1.79. The maximum Gasteiger partial charge on any atom is 0.274 e. The maximum absolute atomic E-state index is 12.8. The van der Waals surface area contributed by atoms with Crippen LogP contribution in [0.1, 0.15) is 32.7 Å². The van der Waals surface area contributed by atoms with Crippen molar-refractivity contribution in [3.8, 4) is 0 Å². The summed E-state index contributed by atoms with van der Waals surface area (Å²) in [6.45, 7) is 4.91. The molecule has 1 aromatic heterocycles. The van der Waals surface area contributed by atoms with Gasteiger partial charge in [0.2, 0.25) is 0 Å². The number of aryl methyl sites for hydroxylation is 2. The van der Waals surface area contributed by atoms with Crippen molar-refractivity contribution in [1.82, 2.24) is 14.7 Å². The van der Waals surface area contributed by atoms with E-state index in [0.717, 1.165) is 16.7 Å². The number of aromatic nitrogens is 2. The average molecular weight is 361 g/mol. The molecule has 1 heterocycles. The van der Waals surface area contributed by atoms with Crippen LogP contribution in [-0.2, 0) is 13.1 Å². The third-order valence-corrected chi connectivity index (χ3v) is 4.51. The number of nitrogens with zero attached hydrogens (tertiary/aromatic N) is 3. The van der Waals surface area contributed by atoms with Crippen molar-refractivity contribution in [2.75, 3.05) is 7.05 Å². The first kappa shape index (κ1) is 18.6. The molecule has 3 aromatic rings. The van der Waals surface area contributed by atoms with E-state index in [-0.39, 0.29) is 17.2 Å².